The Labute approximate surface area is 209 Å². The molecule has 0 saturated carbocycles. The van der Waals surface area contributed by atoms with Crippen LogP contribution in [0.3, 0.4) is 0 Å². The van der Waals surface area contributed by atoms with Crippen LogP contribution in [0.1, 0.15) is 26.6 Å². The number of anilines is 1. The van der Waals surface area contributed by atoms with Crippen LogP contribution in [0.25, 0.3) is 0 Å². The highest BCUT2D eigenvalue weighted by atomic mass is 35.5. The number of carbonyl (C=O) groups is 1. The van der Waals surface area contributed by atoms with Gasteiger partial charge in [-0.2, -0.15) is 0 Å². The van der Waals surface area contributed by atoms with Crippen molar-refractivity contribution in [2.45, 2.75) is 24.1 Å². The van der Waals surface area contributed by atoms with Crippen molar-refractivity contribution in [3.8, 4) is 0 Å². The van der Waals surface area contributed by atoms with E-state index < -0.39 is 0 Å². The predicted octanol–water partition coefficient (Wildman–Crippen LogP) is 7.13. The topological polar surface area (TPSA) is 54.9 Å². The minimum Gasteiger partial charge on any atom is -0.301 e. The van der Waals surface area contributed by atoms with Gasteiger partial charge in [0.1, 0.15) is 0 Å². The van der Waals surface area contributed by atoms with Crippen LogP contribution in [0.2, 0.25) is 10.0 Å². The molecule has 0 radical (unpaired) electrons. The van der Waals surface area contributed by atoms with Gasteiger partial charge in [0.2, 0.25) is 5.91 Å². The summed E-state index contributed by atoms with van der Waals surface area (Å²) < 4.78 is 0.856. The Morgan fingerprint density at radius 3 is 2.72 bits per heavy atom. The Morgan fingerprint density at radius 1 is 1.09 bits per heavy atom. The van der Waals surface area contributed by atoms with E-state index in [1.165, 1.54) is 28.7 Å². The predicted molar refractivity (Wildman–Crippen MR) is 137 cm³/mol. The van der Waals surface area contributed by atoms with E-state index in [1.807, 2.05) is 37.4 Å². The zero-order valence-electron chi connectivity index (χ0n) is 17.1. The number of hydrogen-bond acceptors (Lipinski definition) is 6. The number of amides is 1. The van der Waals surface area contributed by atoms with Gasteiger partial charge in [-0.3, -0.25) is 4.79 Å². The lowest BCUT2D eigenvalue weighted by molar-refractivity contribution is -0.113. The first-order chi connectivity index (χ1) is 15.5. The van der Waals surface area contributed by atoms with E-state index in [0.717, 1.165) is 31.8 Å². The van der Waals surface area contributed by atoms with Crippen molar-refractivity contribution in [2.75, 3.05) is 11.1 Å². The fraction of sp³-hybridized carbons (Fsp3) is 0.174. The van der Waals surface area contributed by atoms with Gasteiger partial charge in [-0.05, 0) is 36.2 Å². The van der Waals surface area contributed by atoms with Gasteiger partial charge in [-0.25, -0.2) is 9.97 Å². The Bertz CT molecular complexity index is 1220. The number of benzene rings is 2. The van der Waals surface area contributed by atoms with Gasteiger partial charge in [-0.1, -0.05) is 65.3 Å². The molecular weight excluding hydrogens is 501 g/mol. The fourth-order valence-corrected chi connectivity index (χ4v) is 6.30. The molecule has 1 N–H and O–H groups in total. The number of nitrogens with zero attached hydrogens (tertiary/aromatic N) is 2. The van der Waals surface area contributed by atoms with E-state index >= 15 is 0 Å². The van der Waals surface area contributed by atoms with Crippen molar-refractivity contribution in [2.24, 2.45) is 0 Å². The molecule has 0 saturated heterocycles. The van der Waals surface area contributed by atoms with Crippen LogP contribution in [0.5, 0.6) is 0 Å². The molecule has 0 unspecified atom stereocenters. The molecule has 4 rings (SSSR count). The Balaban J connectivity index is 1.31. The highest BCUT2D eigenvalue weighted by Crippen LogP contribution is 2.31. The Morgan fingerprint density at radius 2 is 1.91 bits per heavy atom. The summed E-state index contributed by atoms with van der Waals surface area (Å²) in [5.41, 5.74) is 3.13. The molecule has 1 amide bonds. The first kappa shape index (κ1) is 23.3. The second-order valence-electron chi connectivity index (χ2n) is 7.03. The molecule has 9 heteroatoms. The second-order valence-corrected chi connectivity index (χ2v) is 11.3. The maximum absolute atomic E-state index is 12.4. The van der Waals surface area contributed by atoms with Gasteiger partial charge in [0.05, 0.1) is 11.4 Å². The first-order valence-corrected chi connectivity index (χ1v) is 13.2. The van der Waals surface area contributed by atoms with E-state index in [4.69, 9.17) is 23.2 Å². The quantitative estimate of drug-likeness (QED) is 0.251. The molecule has 4 aromatic rings. The van der Waals surface area contributed by atoms with Crippen LogP contribution in [0, 0.1) is 6.92 Å². The fourth-order valence-electron chi connectivity index (χ4n) is 3.01. The smallest absolute Gasteiger partial charge is 0.236 e. The summed E-state index contributed by atoms with van der Waals surface area (Å²) in [5.74, 6) is 0.181. The van der Waals surface area contributed by atoms with Gasteiger partial charge in [0.25, 0.3) is 0 Å². The third-order valence-corrected chi connectivity index (χ3v) is 8.40. The summed E-state index contributed by atoms with van der Waals surface area (Å²) in [7, 11) is 0. The molecule has 164 valence electrons. The summed E-state index contributed by atoms with van der Waals surface area (Å²) >= 11 is 16.9. The zero-order valence-corrected chi connectivity index (χ0v) is 21.1. The van der Waals surface area contributed by atoms with Gasteiger partial charge < -0.3 is 5.32 Å². The number of nitrogens with one attached hydrogen (secondary N) is 1. The van der Waals surface area contributed by atoms with Crippen molar-refractivity contribution in [1.82, 2.24) is 9.97 Å². The van der Waals surface area contributed by atoms with Crippen molar-refractivity contribution in [3.63, 3.8) is 0 Å². The molecular formula is C23H19Cl2N3OS3. The van der Waals surface area contributed by atoms with E-state index in [2.05, 4.69) is 27.4 Å². The van der Waals surface area contributed by atoms with E-state index in [1.54, 1.807) is 23.5 Å². The SMILES string of the molecule is Cc1nc(SCC(=O)Nc2ncc(Cc3ccccc3)s2)sc1Cc1cc(Cl)ccc1Cl. The number of aromatic nitrogens is 2. The molecule has 0 aliphatic carbocycles. The summed E-state index contributed by atoms with van der Waals surface area (Å²) in [5, 5.41) is 4.85. The number of thioether (sulfide) groups is 1. The lowest BCUT2D eigenvalue weighted by atomic mass is 10.1. The van der Waals surface area contributed by atoms with Gasteiger partial charge in [-0.15, -0.1) is 22.7 Å². The molecule has 0 aliphatic rings. The third kappa shape index (κ3) is 6.33. The van der Waals surface area contributed by atoms with Gasteiger partial charge in [0.15, 0.2) is 9.47 Å². The van der Waals surface area contributed by atoms with Crippen LogP contribution >= 0.6 is 57.6 Å². The van der Waals surface area contributed by atoms with E-state index in [0.29, 0.717) is 21.6 Å². The lowest BCUT2D eigenvalue weighted by Crippen LogP contribution is -2.13. The average Bonchev–Trinajstić information content (AvgIpc) is 3.36. The maximum Gasteiger partial charge on any atom is 0.236 e. The molecule has 0 spiro atoms. The minimum atomic E-state index is -0.0945. The standard InChI is InChI=1S/C23H19Cl2N3OS3/c1-14-20(11-16-10-17(24)7-8-19(16)25)32-23(27-14)30-13-21(29)28-22-26-12-18(31-22)9-15-5-3-2-4-6-15/h2-8,10,12H,9,11,13H2,1H3,(H,26,28,29). The highest BCUT2D eigenvalue weighted by Gasteiger charge is 2.14. The summed E-state index contributed by atoms with van der Waals surface area (Å²) in [6.45, 7) is 1.97. The zero-order chi connectivity index (χ0) is 22.5. The molecule has 0 aliphatic heterocycles. The molecule has 2 aromatic carbocycles. The average molecular weight is 521 g/mol. The van der Waals surface area contributed by atoms with Crippen LogP contribution in [-0.4, -0.2) is 21.6 Å². The molecule has 0 atom stereocenters. The van der Waals surface area contributed by atoms with Crippen LogP contribution in [0.15, 0.2) is 59.1 Å². The number of thiazole rings is 2. The van der Waals surface area contributed by atoms with Crippen molar-refractivity contribution >= 4 is 68.7 Å². The molecule has 0 fully saturated rings. The van der Waals surface area contributed by atoms with E-state index in [9.17, 15) is 4.79 Å². The molecule has 32 heavy (non-hydrogen) atoms. The molecule has 4 nitrogen and oxygen atoms in total. The lowest BCUT2D eigenvalue weighted by Gasteiger charge is -2.03. The van der Waals surface area contributed by atoms with Gasteiger partial charge >= 0.3 is 0 Å². The van der Waals surface area contributed by atoms with Gasteiger partial charge in [0, 0.05) is 38.8 Å². The maximum atomic E-state index is 12.4. The number of halogens is 2. The number of aryl methyl sites for hydroxylation is 1. The first-order valence-electron chi connectivity index (χ1n) is 9.78. The van der Waals surface area contributed by atoms with Crippen molar-refractivity contribution < 1.29 is 4.79 Å². The molecule has 0 bridgehead atoms. The normalized spacial score (nSPS) is 11.0. The Hall–Kier alpha value is -1.90. The molecule has 2 aromatic heterocycles. The number of carbonyl (C=O) groups excluding carboxylic acids is 1. The molecule has 2 heterocycles. The van der Waals surface area contributed by atoms with Crippen LogP contribution < -0.4 is 5.32 Å². The summed E-state index contributed by atoms with van der Waals surface area (Å²) in [4.78, 5) is 23.6. The van der Waals surface area contributed by atoms with Crippen LogP contribution in [0.4, 0.5) is 5.13 Å². The highest BCUT2D eigenvalue weighted by molar-refractivity contribution is 8.01. The largest absolute Gasteiger partial charge is 0.301 e. The third-order valence-electron chi connectivity index (χ3n) is 4.58. The number of rotatable bonds is 8. The number of hydrogen-bond donors (Lipinski definition) is 1. The summed E-state index contributed by atoms with van der Waals surface area (Å²) in [6.07, 6.45) is 3.29. The second kappa shape index (κ2) is 10.8. The van der Waals surface area contributed by atoms with Crippen molar-refractivity contribution in [1.29, 1.82) is 0 Å². The minimum absolute atomic E-state index is 0.0945. The van der Waals surface area contributed by atoms with Crippen molar-refractivity contribution in [3.05, 3.63) is 91.3 Å². The monoisotopic (exact) mass is 519 g/mol. The Kier molecular flexibility index (Phi) is 7.86. The summed E-state index contributed by atoms with van der Waals surface area (Å²) in [6, 6.07) is 15.7. The van der Waals surface area contributed by atoms with Crippen LogP contribution in [-0.2, 0) is 17.6 Å². The van der Waals surface area contributed by atoms with E-state index in [-0.39, 0.29) is 11.7 Å².